The summed E-state index contributed by atoms with van der Waals surface area (Å²) in [7, 11) is 1.68. The number of hydrazine groups is 1. The predicted molar refractivity (Wildman–Crippen MR) is 70.1 cm³/mol. The molecule has 1 amide bonds. The minimum atomic E-state index is -0.119. The van der Waals surface area contributed by atoms with Crippen molar-refractivity contribution >= 4 is 35.0 Å². The van der Waals surface area contributed by atoms with Gasteiger partial charge in [0, 0.05) is 11.9 Å². The molecular weight excluding hydrogens is 242 g/mol. The van der Waals surface area contributed by atoms with Gasteiger partial charge in [-0.05, 0) is 24.4 Å². The van der Waals surface area contributed by atoms with E-state index in [2.05, 4.69) is 16.2 Å². The molecule has 0 unspecified atom stereocenters. The number of nitrogens with one attached hydrogen (secondary N) is 3. The van der Waals surface area contributed by atoms with E-state index in [4.69, 9.17) is 12.2 Å². The fourth-order valence-corrected chi connectivity index (χ4v) is 1.66. The molecule has 0 bridgehead atoms. The Morgan fingerprint density at radius 3 is 2.62 bits per heavy atom. The molecule has 0 heterocycles. The number of rotatable bonds is 3. The number of hydrogen-bond acceptors (Lipinski definition) is 3. The molecule has 1 aromatic rings. The van der Waals surface area contributed by atoms with Gasteiger partial charge in [-0.1, -0.05) is 18.2 Å². The Morgan fingerprint density at radius 1 is 1.31 bits per heavy atom. The highest BCUT2D eigenvalue weighted by Crippen LogP contribution is 2.15. The van der Waals surface area contributed by atoms with Crippen molar-refractivity contribution in [2.24, 2.45) is 0 Å². The second-order valence-corrected chi connectivity index (χ2v) is 4.31. The quantitative estimate of drug-likeness (QED) is 0.426. The Labute approximate surface area is 104 Å². The summed E-state index contributed by atoms with van der Waals surface area (Å²) in [5.41, 5.74) is 5.07. The van der Waals surface area contributed by atoms with Gasteiger partial charge in [0.15, 0.2) is 5.11 Å². The van der Waals surface area contributed by atoms with Crippen molar-refractivity contribution in [2.45, 2.75) is 4.90 Å². The lowest BCUT2D eigenvalue weighted by molar-refractivity contribution is -0.119. The van der Waals surface area contributed by atoms with E-state index in [1.807, 2.05) is 30.3 Å². The number of hydrogen-bond donors (Lipinski definition) is 3. The zero-order valence-electron chi connectivity index (χ0n) is 8.82. The fourth-order valence-electron chi connectivity index (χ4n) is 0.891. The lowest BCUT2D eigenvalue weighted by atomic mass is 10.4. The zero-order chi connectivity index (χ0) is 11.8. The van der Waals surface area contributed by atoms with E-state index in [9.17, 15) is 4.79 Å². The van der Waals surface area contributed by atoms with Crippen LogP contribution in [0.4, 0.5) is 0 Å². The molecule has 0 saturated carbocycles. The Hall–Kier alpha value is -1.27. The van der Waals surface area contributed by atoms with Crippen molar-refractivity contribution in [1.82, 2.24) is 16.2 Å². The van der Waals surface area contributed by atoms with Crippen molar-refractivity contribution in [3.8, 4) is 0 Å². The van der Waals surface area contributed by atoms with E-state index in [1.54, 1.807) is 7.05 Å². The van der Waals surface area contributed by atoms with Crippen LogP contribution in [0.5, 0.6) is 0 Å². The molecule has 0 aromatic heterocycles. The van der Waals surface area contributed by atoms with Gasteiger partial charge in [-0.15, -0.1) is 11.8 Å². The lowest BCUT2D eigenvalue weighted by Gasteiger charge is -2.08. The van der Waals surface area contributed by atoms with E-state index in [1.165, 1.54) is 11.8 Å². The van der Waals surface area contributed by atoms with Gasteiger partial charge in [-0.3, -0.25) is 15.6 Å². The lowest BCUT2D eigenvalue weighted by Crippen LogP contribution is -2.46. The van der Waals surface area contributed by atoms with Crippen LogP contribution in [0.15, 0.2) is 35.2 Å². The maximum absolute atomic E-state index is 11.4. The number of carbonyl (C=O) groups excluding carboxylic acids is 1. The minimum Gasteiger partial charge on any atom is -0.364 e. The molecule has 0 saturated heterocycles. The van der Waals surface area contributed by atoms with Crippen LogP contribution in [0, 0.1) is 0 Å². The minimum absolute atomic E-state index is 0.119. The first kappa shape index (κ1) is 12.8. The van der Waals surface area contributed by atoms with Crippen LogP contribution in [0.2, 0.25) is 0 Å². The molecule has 16 heavy (non-hydrogen) atoms. The van der Waals surface area contributed by atoms with Crippen LogP contribution in [-0.4, -0.2) is 23.8 Å². The molecule has 0 atom stereocenters. The SMILES string of the molecule is CNC(=S)NNC(=O)CSc1ccccc1. The maximum atomic E-state index is 11.4. The van der Waals surface area contributed by atoms with Gasteiger partial charge in [0.25, 0.3) is 0 Å². The molecule has 0 aliphatic rings. The molecular formula is C10H13N3OS2. The van der Waals surface area contributed by atoms with E-state index >= 15 is 0 Å². The molecule has 6 heteroatoms. The number of thiocarbonyl (C=S) groups is 1. The summed E-state index contributed by atoms with van der Waals surface area (Å²) in [6.07, 6.45) is 0. The molecule has 1 aromatic carbocycles. The monoisotopic (exact) mass is 255 g/mol. The molecule has 1 rings (SSSR count). The number of amides is 1. The number of carbonyl (C=O) groups is 1. The maximum Gasteiger partial charge on any atom is 0.248 e. The summed E-state index contributed by atoms with van der Waals surface area (Å²) < 4.78 is 0. The second kappa shape index (κ2) is 7.08. The largest absolute Gasteiger partial charge is 0.364 e. The van der Waals surface area contributed by atoms with Crippen LogP contribution in [-0.2, 0) is 4.79 Å². The van der Waals surface area contributed by atoms with Gasteiger partial charge in [0.1, 0.15) is 0 Å². The molecule has 3 N–H and O–H groups in total. The third-order valence-corrected chi connectivity index (χ3v) is 2.97. The van der Waals surface area contributed by atoms with Crippen LogP contribution in [0.25, 0.3) is 0 Å². The van der Waals surface area contributed by atoms with Crippen molar-refractivity contribution in [1.29, 1.82) is 0 Å². The highest BCUT2D eigenvalue weighted by atomic mass is 32.2. The summed E-state index contributed by atoms with van der Waals surface area (Å²) in [5.74, 6) is 0.232. The molecule has 0 aliphatic heterocycles. The van der Waals surface area contributed by atoms with E-state index < -0.39 is 0 Å². The molecule has 0 radical (unpaired) electrons. The summed E-state index contributed by atoms with van der Waals surface area (Å²) in [6, 6.07) is 9.74. The summed E-state index contributed by atoms with van der Waals surface area (Å²) in [5, 5.41) is 3.08. The van der Waals surface area contributed by atoms with Crippen LogP contribution in [0.1, 0.15) is 0 Å². The Kier molecular flexibility index (Phi) is 5.66. The highest BCUT2D eigenvalue weighted by molar-refractivity contribution is 8.00. The molecule has 0 spiro atoms. The fraction of sp³-hybridized carbons (Fsp3) is 0.200. The number of thioether (sulfide) groups is 1. The normalized spacial score (nSPS) is 9.31. The van der Waals surface area contributed by atoms with Gasteiger partial charge >= 0.3 is 0 Å². The summed E-state index contributed by atoms with van der Waals surface area (Å²) >= 11 is 6.28. The second-order valence-electron chi connectivity index (χ2n) is 2.85. The third-order valence-electron chi connectivity index (χ3n) is 1.66. The van der Waals surface area contributed by atoms with Crippen LogP contribution in [0.3, 0.4) is 0 Å². The Bertz CT molecular complexity index is 356. The average Bonchev–Trinajstić information content (AvgIpc) is 2.34. The first-order valence-corrected chi connectivity index (χ1v) is 6.06. The van der Waals surface area contributed by atoms with Crippen molar-refractivity contribution in [3.05, 3.63) is 30.3 Å². The van der Waals surface area contributed by atoms with Gasteiger partial charge in [0.05, 0.1) is 5.75 Å². The Balaban J connectivity index is 2.23. The molecule has 4 nitrogen and oxygen atoms in total. The zero-order valence-corrected chi connectivity index (χ0v) is 10.5. The first-order chi connectivity index (χ1) is 7.72. The molecule has 0 aliphatic carbocycles. The topological polar surface area (TPSA) is 53.2 Å². The first-order valence-electron chi connectivity index (χ1n) is 4.67. The predicted octanol–water partition coefficient (Wildman–Crippen LogP) is 0.904. The van der Waals surface area contributed by atoms with E-state index in [0.29, 0.717) is 10.9 Å². The highest BCUT2D eigenvalue weighted by Gasteiger charge is 2.02. The van der Waals surface area contributed by atoms with Crippen molar-refractivity contribution in [3.63, 3.8) is 0 Å². The third kappa shape index (κ3) is 4.99. The van der Waals surface area contributed by atoms with E-state index in [-0.39, 0.29) is 5.91 Å². The van der Waals surface area contributed by atoms with Gasteiger partial charge in [-0.2, -0.15) is 0 Å². The molecule has 86 valence electrons. The van der Waals surface area contributed by atoms with Crippen LogP contribution >= 0.6 is 24.0 Å². The van der Waals surface area contributed by atoms with Gasteiger partial charge in [0.2, 0.25) is 5.91 Å². The number of benzene rings is 1. The Morgan fingerprint density at radius 2 is 2.00 bits per heavy atom. The van der Waals surface area contributed by atoms with Crippen molar-refractivity contribution < 1.29 is 4.79 Å². The average molecular weight is 255 g/mol. The van der Waals surface area contributed by atoms with Gasteiger partial charge < -0.3 is 5.32 Å². The van der Waals surface area contributed by atoms with Crippen LogP contribution < -0.4 is 16.2 Å². The van der Waals surface area contributed by atoms with E-state index in [0.717, 1.165) is 4.90 Å². The van der Waals surface area contributed by atoms with Gasteiger partial charge in [-0.25, -0.2) is 0 Å². The standard InChI is InChI=1S/C10H13N3OS2/c1-11-10(15)13-12-9(14)7-16-8-5-3-2-4-6-8/h2-6H,7H2,1H3,(H,12,14)(H2,11,13,15). The van der Waals surface area contributed by atoms with Crippen molar-refractivity contribution in [2.75, 3.05) is 12.8 Å². The summed E-state index contributed by atoms with van der Waals surface area (Å²) in [4.78, 5) is 12.4. The molecule has 0 fully saturated rings. The smallest absolute Gasteiger partial charge is 0.248 e. The summed E-state index contributed by atoms with van der Waals surface area (Å²) in [6.45, 7) is 0.